The summed E-state index contributed by atoms with van der Waals surface area (Å²) in [6.45, 7) is 5.22. The van der Waals surface area contributed by atoms with Gasteiger partial charge in [0, 0.05) is 12.6 Å². The summed E-state index contributed by atoms with van der Waals surface area (Å²) in [5, 5.41) is 8.80. The first-order valence-electron chi connectivity index (χ1n) is 7.66. The van der Waals surface area contributed by atoms with Crippen molar-refractivity contribution in [2.75, 3.05) is 19.6 Å². The SMILES string of the molecule is CCC1(CC)NC(=O)N(CC(=O)NC2CCCNC2)C1=O. The molecule has 0 aliphatic carbocycles. The van der Waals surface area contributed by atoms with Gasteiger partial charge in [-0.1, -0.05) is 13.8 Å². The maximum atomic E-state index is 12.4. The summed E-state index contributed by atoms with van der Waals surface area (Å²) >= 11 is 0. The maximum absolute atomic E-state index is 12.4. The number of carbonyl (C=O) groups is 3. The molecule has 0 aromatic heterocycles. The molecular formula is C14H24N4O3. The van der Waals surface area contributed by atoms with Crippen molar-refractivity contribution >= 4 is 17.8 Å². The number of nitrogens with zero attached hydrogens (tertiary/aromatic N) is 1. The van der Waals surface area contributed by atoms with Crippen LogP contribution in [0.15, 0.2) is 0 Å². The molecule has 1 atom stereocenters. The number of amides is 4. The molecule has 118 valence electrons. The predicted octanol–water partition coefficient (Wildman–Crippen LogP) is -0.0348. The second-order valence-electron chi connectivity index (χ2n) is 5.72. The highest BCUT2D eigenvalue weighted by Gasteiger charge is 2.49. The van der Waals surface area contributed by atoms with Gasteiger partial charge in [-0.25, -0.2) is 4.79 Å². The Morgan fingerprint density at radius 1 is 1.38 bits per heavy atom. The molecule has 2 heterocycles. The van der Waals surface area contributed by atoms with Crippen molar-refractivity contribution in [3.05, 3.63) is 0 Å². The van der Waals surface area contributed by atoms with E-state index >= 15 is 0 Å². The van der Waals surface area contributed by atoms with Crippen LogP contribution in [0.5, 0.6) is 0 Å². The number of rotatable bonds is 5. The lowest BCUT2D eigenvalue weighted by Crippen LogP contribution is -2.50. The fourth-order valence-corrected chi connectivity index (χ4v) is 2.94. The van der Waals surface area contributed by atoms with E-state index in [1.165, 1.54) is 0 Å². The first kappa shape index (κ1) is 15.8. The Morgan fingerprint density at radius 3 is 2.62 bits per heavy atom. The molecule has 0 bridgehead atoms. The Kier molecular flexibility index (Phi) is 4.82. The monoisotopic (exact) mass is 296 g/mol. The molecule has 7 heteroatoms. The molecule has 7 nitrogen and oxygen atoms in total. The highest BCUT2D eigenvalue weighted by molar-refractivity contribution is 6.08. The smallest absolute Gasteiger partial charge is 0.325 e. The Bertz CT molecular complexity index is 428. The van der Waals surface area contributed by atoms with Gasteiger partial charge in [0.25, 0.3) is 5.91 Å². The van der Waals surface area contributed by atoms with Gasteiger partial charge in [0.05, 0.1) is 0 Å². The second kappa shape index (κ2) is 6.43. The summed E-state index contributed by atoms with van der Waals surface area (Å²) in [4.78, 5) is 37.4. The molecule has 2 aliphatic rings. The largest absolute Gasteiger partial charge is 0.351 e. The lowest BCUT2D eigenvalue weighted by molar-refractivity contribution is -0.135. The van der Waals surface area contributed by atoms with E-state index in [1.807, 2.05) is 13.8 Å². The molecule has 0 saturated carbocycles. The van der Waals surface area contributed by atoms with Gasteiger partial charge in [-0.3, -0.25) is 14.5 Å². The minimum absolute atomic E-state index is 0.0779. The fraction of sp³-hybridized carbons (Fsp3) is 0.786. The minimum atomic E-state index is -0.843. The van der Waals surface area contributed by atoms with Crippen LogP contribution in [0.25, 0.3) is 0 Å². The van der Waals surface area contributed by atoms with Crippen molar-refractivity contribution in [3.63, 3.8) is 0 Å². The number of nitrogens with one attached hydrogen (secondary N) is 3. The zero-order chi connectivity index (χ0) is 15.5. The number of urea groups is 1. The van der Waals surface area contributed by atoms with Crippen LogP contribution in [-0.4, -0.2) is 54.0 Å². The third kappa shape index (κ3) is 3.18. The van der Waals surface area contributed by atoms with Crippen molar-refractivity contribution in [1.82, 2.24) is 20.9 Å². The van der Waals surface area contributed by atoms with E-state index in [0.717, 1.165) is 30.8 Å². The zero-order valence-electron chi connectivity index (χ0n) is 12.7. The van der Waals surface area contributed by atoms with Crippen molar-refractivity contribution in [1.29, 1.82) is 0 Å². The van der Waals surface area contributed by atoms with Gasteiger partial charge >= 0.3 is 6.03 Å². The molecule has 1 unspecified atom stereocenters. The summed E-state index contributed by atoms with van der Waals surface area (Å²) in [6.07, 6.45) is 2.99. The van der Waals surface area contributed by atoms with Crippen molar-refractivity contribution < 1.29 is 14.4 Å². The standard InChI is InChI=1S/C14H24N4O3/c1-3-14(4-2)12(20)18(13(21)17-14)9-11(19)16-10-6-5-7-15-8-10/h10,15H,3-9H2,1-2H3,(H,16,19)(H,17,21). The highest BCUT2D eigenvalue weighted by atomic mass is 16.2. The molecule has 2 rings (SSSR count). The normalized spacial score (nSPS) is 24.9. The average molecular weight is 296 g/mol. The van der Waals surface area contributed by atoms with E-state index in [4.69, 9.17) is 0 Å². The predicted molar refractivity (Wildman–Crippen MR) is 77.6 cm³/mol. The molecule has 2 saturated heterocycles. The van der Waals surface area contributed by atoms with Gasteiger partial charge in [-0.2, -0.15) is 0 Å². The van der Waals surface area contributed by atoms with E-state index in [-0.39, 0.29) is 24.4 Å². The lowest BCUT2D eigenvalue weighted by atomic mass is 9.93. The number of piperidine rings is 1. The van der Waals surface area contributed by atoms with Crippen molar-refractivity contribution in [3.8, 4) is 0 Å². The molecule has 0 spiro atoms. The van der Waals surface area contributed by atoms with Gasteiger partial charge in [0.2, 0.25) is 5.91 Å². The number of hydrogen-bond acceptors (Lipinski definition) is 4. The van der Waals surface area contributed by atoms with Gasteiger partial charge in [0.15, 0.2) is 0 Å². The number of imide groups is 1. The van der Waals surface area contributed by atoms with Gasteiger partial charge < -0.3 is 16.0 Å². The summed E-state index contributed by atoms with van der Waals surface area (Å²) in [5.74, 6) is -0.579. The van der Waals surface area contributed by atoms with Crippen molar-refractivity contribution in [2.24, 2.45) is 0 Å². The highest BCUT2D eigenvalue weighted by Crippen LogP contribution is 2.24. The van der Waals surface area contributed by atoms with E-state index in [9.17, 15) is 14.4 Å². The van der Waals surface area contributed by atoms with Crippen molar-refractivity contribution in [2.45, 2.75) is 51.1 Å². The zero-order valence-corrected chi connectivity index (χ0v) is 12.7. The fourth-order valence-electron chi connectivity index (χ4n) is 2.94. The molecule has 2 fully saturated rings. The Morgan fingerprint density at radius 2 is 2.10 bits per heavy atom. The van der Waals surface area contributed by atoms with Crippen LogP contribution in [0, 0.1) is 0 Å². The maximum Gasteiger partial charge on any atom is 0.325 e. The summed E-state index contributed by atoms with van der Waals surface area (Å²) in [6, 6.07) is -0.394. The quantitative estimate of drug-likeness (QED) is 0.621. The third-order valence-corrected chi connectivity index (χ3v) is 4.42. The van der Waals surface area contributed by atoms with E-state index < -0.39 is 11.6 Å². The lowest BCUT2D eigenvalue weighted by Gasteiger charge is -2.25. The summed E-state index contributed by atoms with van der Waals surface area (Å²) in [5.41, 5.74) is -0.843. The molecule has 0 aromatic rings. The molecular weight excluding hydrogens is 272 g/mol. The molecule has 2 aliphatic heterocycles. The van der Waals surface area contributed by atoms with Crippen LogP contribution >= 0.6 is 0 Å². The number of hydrogen-bond donors (Lipinski definition) is 3. The van der Waals surface area contributed by atoms with Crippen LogP contribution in [0.1, 0.15) is 39.5 Å². The van der Waals surface area contributed by atoms with Gasteiger partial charge in [-0.05, 0) is 32.2 Å². The van der Waals surface area contributed by atoms with Crippen LogP contribution in [0.2, 0.25) is 0 Å². The first-order chi connectivity index (χ1) is 10.0. The summed E-state index contributed by atoms with van der Waals surface area (Å²) in [7, 11) is 0. The third-order valence-electron chi connectivity index (χ3n) is 4.42. The summed E-state index contributed by atoms with van der Waals surface area (Å²) < 4.78 is 0. The van der Waals surface area contributed by atoms with Crippen LogP contribution in [0.3, 0.4) is 0 Å². The van der Waals surface area contributed by atoms with Gasteiger partial charge in [0.1, 0.15) is 12.1 Å². The van der Waals surface area contributed by atoms with E-state index in [0.29, 0.717) is 12.8 Å². The average Bonchev–Trinajstić information content (AvgIpc) is 2.73. The first-order valence-corrected chi connectivity index (χ1v) is 7.66. The molecule has 4 amide bonds. The van der Waals surface area contributed by atoms with E-state index in [2.05, 4.69) is 16.0 Å². The van der Waals surface area contributed by atoms with E-state index in [1.54, 1.807) is 0 Å². The molecule has 21 heavy (non-hydrogen) atoms. The second-order valence-corrected chi connectivity index (χ2v) is 5.72. The minimum Gasteiger partial charge on any atom is -0.351 e. The topological polar surface area (TPSA) is 90.5 Å². The van der Waals surface area contributed by atoms with Crippen LogP contribution in [0.4, 0.5) is 4.79 Å². The molecule has 0 radical (unpaired) electrons. The van der Waals surface area contributed by atoms with Crippen LogP contribution < -0.4 is 16.0 Å². The Hall–Kier alpha value is -1.63. The Labute approximate surface area is 124 Å². The molecule has 3 N–H and O–H groups in total. The number of carbonyl (C=O) groups excluding carboxylic acids is 3. The van der Waals surface area contributed by atoms with Crippen LogP contribution in [-0.2, 0) is 9.59 Å². The Balaban J connectivity index is 1.94. The van der Waals surface area contributed by atoms with Gasteiger partial charge in [-0.15, -0.1) is 0 Å². The molecule has 0 aromatic carbocycles.